The van der Waals surface area contributed by atoms with Gasteiger partial charge in [0.25, 0.3) is 0 Å². The van der Waals surface area contributed by atoms with Gasteiger partial charge in [0.05, 0.1) is 0 Å². The number of aryl methyl sites for hydroxylation is 1. The lowest BCUT2D eigenvalue weighted by atomic mass is 9.87. The van der Waals surface area contributed by atoms with Crippen LogP contribution in [0, 0.1) is 6.92 Å². The summed E-state index contributed by atoms with van der Waals surface area (Å²) in [6, 6.07) is 28.4. The third kappa shape index (κ3) is 5.25. The van der Waals surface area contributed by atoms with Crippen LogP contribution in [-0.4, -0.2) is 37.9 Å². The summed E-state index contributed by atoms with van der Waals surface area (Å²) in [6.45, 7) is 6.49. The molecule has 1 saturated heterocycles. The lowest BCUT2D eigenvalue weighted by molar-refractivity contribution is 0.290. The highest BCUT2D eigenvalue weighted by Gasteiger charge is 2.16. The molecule has 2 N–H and O–H groups in total. The van der Waals surface area contributed by atoms with Gasteiger partial charge in [-0.15, -0.1) is 0 Å². The lowest BCUT2D eigenvalue weighted by Gasteiger charge is -2.29. The van der Waals surface area contributed by atoms with E-state index in [1.54, 1.807) is 0 Å². The Morgan fingerprint density at radius 3 is 2.03 bits per heavy atom. The topological polar surface area (TPSA) is 35.5 Å². The largest absolute Gasteiger partial charge is 0.396 e. The molecule has 3 nitrogen and oxygen atoms in total. The molecule has 1 aliphatic heterocycles. The fraction of sp³-hybridized carbons (Fsp3) is 0.286. The summed E-state index contributed by atoms with van der Waals surface area (Å²) in [5.74, 6) is 0. The smallest absolute Gasteiger partial charge is 0.0434 e. The SMILES string of the molecule is Cc1ccc(/C(=C(\CCCO)c2ccccc2)c2ccc(N3CCNCC3)cc2)cc1. The summed E-state index contributed by atoms with van der Waals surface area (Å²) in [5.41, 5.74) is 8.74. The van der Waals surface area contributed by atoms with E-state index in [-0.39, 0.29) is 6.61 Å². The zero-order valence-electron chi connectivity index (χ0n) is 18.3. The number of hydrogen-bond acceptors (Lipinski definition) is 3. The number of anilines is 1. The molecule has 1 heterocycles. The lowest BCUT2D eigenvalue weighted by Crippen LogP contribution is -2.43. The molecule has 0 saturated carbocycles. The molecule has 0 spiro atoms. The predicted molar refractivity (Wildman–Crippen MR) is 131 cm³/mol. The first-order valence-corrected chi connectivity index (χ1v) is 11.3. The van der Waals surface area contributed by atoms with Gasteiger partial charge in [0.1, 0.15) is 0 Å². The molecule has 0 amide bonds. The number of hydrogen-bond donors (Lipinski definition) is 2. The molecular formula is C28H32N2O. The van der Waals surface area contributed by atoms with Crippen LogP contribution in [0.1, 0.15) is 35.1 Å². The normalized spacial score (nSPS) is 15.0. The number of rotatable bonds is 7. The van der Waals surface area contributed by atoms with Gasteiger partial charge in [0.2, 0.25) is 0 Å². The number of allylic oxidation sites excluding steroid dienone is 1. The third-order valence-corrected chi connectivity index (χ3v) is 5.99. The summed E-state index contributed by atoms with van der Waals surface area (Å²) in [6.07, 6.45) is 1.59. The average Bonchev–Trinajstić information content (AvgIpc) is 2.84. The third-order valence-electron chi connectivity index (χ3n) is 5.99. The Kier molecular flexibility index (Phi) is 7.18. The standard InChI is InChI=1S/C28H32N2O/c1-22-9-11-24(12-10-22)28(27(8-5-21-31)23-6-3-2-4-7-23)25-13-15-26(16-14-25)30-19-17-29-18-20-30/h2-4,6-7,9-16,29,31H,5,8,17-21H2,1H3/b28-27-. The van der Waals surface area contributed by atoms with Gasteiger partial charge in [0.15, 0.2) is 0 Å². The van der Waals surface area contributed by atoms with Crippen molar-refractivity contribution < 1.29 is 5.11 Å². The molecular weight excluding hydrogens is 380 g/mol. The van der Waals surface area contributed by atoms with Crippen LogP contribution >= 0.6 is 0 Å². The van der Waals surface area contributed by atoms with E-state index in [1.807, 2.05) is 0 Å². The molecule has 160 valence electrons. The van der Waals surface area contributed by atoms with Gasteiger partial charge in [-0.1, -0.05) is 72.3 Å². The first-order valence-electron chi connectivity index (χ1n) is 11.3. The van der Waals surface area contributed by atoms with Gasteiger partial charge in [-0.2, -0.15) is 0 Å². The van der Waals surface area contributed by atoms with E-state index in [4.69, 9.17) is 0 Å². The van der Waals surface area contributed by atoms with Crippen molar-refractivity contribution in [2.45, 2.75) is 19.8 Å². The number of benzene rings is 3. The number of aliphatic hydroxyl groups excluding tert-OH is 1. The number of piperazine rings is 1. The Balaban J connectivity index is 1.81. The minimum absolute atomic E-state index is 0.194. The van der Waals surface area contributed by atoms with E-state index in [0.29, 0.717) is 0 Å². The number of nitrogens with zero attached hydrogens (tertiary/aromatic N) is 1. The molecule has 1 fully saturated rings. The highest BCUT2D eigenvalue weighted by atomic mass is 16.2. The van der Waals surface area contributed by atoms with E-state index < -0.39 is 0 Å². The molecule has 3 heteroatoms. The van der Waals surface area contributed by atoms with Gasteiger partial charge >= 0.3 is 0 Å². The quantitative estimate of drug-likeness (QED) is 0.528. The molecule has 3 aromatic carbocycles. The summed E-state index contributed by atoms with van der Waals surface area (Å²) in [7, 11) is 0. The zero-order chi connectivity index (χ0) is 21.5. The summed E-state index contributed by atoms with van der Waals surface area (Å²) in [5, 5.41) is 13.0. The second kappa shape index (κ2) is 10.4. The average molecular weight is 413 g/mol. The highest BCUT2D eigenvalue weighted by Crippen LogP contribution is 2.36. The second-order valence-corrected chi connectivity index (χ2v) is 8.20. The molecule has 0 aromatic heterocycles. The number of aliphatic hydroxyl groups is 1. The second-order valence-electron chi connectivity index (χ2n) is 8.20. The van der Waals surface area contributed by atoms with Gasteiger partial charge in [-0.25, -0.2) is 0 Å². The Bertz CT molecular complexity index is 985. The van der Waals surface area contributed by atoms with Crippen molar-refractivity contribution in [2.24, 2.45) is 0 Å². The molecule has 0 aliphatic carbocycles. The molecule has 4 rings (SSSR count). The zero-order valence-corrected chi connectivity index (χ0v) is 18.3. The van der Waals surface area contributed by atoms with E-state index in [1.165, 1.54) is 39.1 Å². The maximum Gasteiger partial charge on any atom is 0.0434 e. The van der Waals surface area contributed by atoms with Crippen LogP contribution in [0.4, 0.5) is 5.69 Å². The maximum atomic E-state index is 9.57. The molecule has 1 aliphatic rings. The van der Waals surface area contributed by atoms with E-state index >= 15 is 0 Å². The summed E-state index contributed by atoms with van der Waals surface area (Å²) in [4.78, 5) is 2.44. The van der Waals surface area contributed by atoms with E-state index in [0.717, 1.165) is 39.0 Å². The van der Waals surface area contributed by atoms with Crippen molar-refractivity contribution in [3.05, 3.63) is 101 Å². The minimum atomic E-state index is 0.194. The molecule has 0 atom stereocenters. The van der Waals surface area contributed by atoms with Crippen LogP contribution < -0.4 is 10.2 Å². The van der Waals surface area contributed by atoms with Crippen LogP contribution in [0.15, 0.2) is 78.9 Å². The van der Waals surface area contributed by atoms with Crippen molar-refractivity contribution in [3.8, 4) is 0 Å². The van der Waals surface area contributed by atoms with E-state index in [9.17, 15) is 5.11 Å². The van der Waals surface area contributed by atoms with Gasteiger partial charge in [-0.05, 0) is 59.7 Å². The Morgan fingerprint density at radius 1 is 0.806 bits per heavy atom. The van der Waals surface area contributed by atoms with Gasteiger partial charge < -0.3 is 15.3 Å². The Hall–Kier alpha value is -2.88. The first kappa shape index (κ1) is 21.4. The van der Waals surface area contributed by atoms with E-state index in [2.05, 4.69) is 96.0 Å². The molecule has 3 aromatic rings. The maximum absolute atomic E-state index is 9.57. The highest BCUT2D eigenvalue weighted by molar-refractivity contribution is 5.98. The van der Waals surface area contributed by atoms with Crippen molar-refractivity contribution >= 4 is 16.8 Å². The monoisotopic (exact) mass is 412 g/mol. The Labute approximate surface area is 186 Å². The molecule has 0 unspecified atom stereocenters. The number of nitrogens with one attached hydrogen (secondary N) is 1. The van der Waals surface area contributed by atoms with Crippen LogP contribution in [0.5, 0.6) is 0 Å². The van der Waals surface area contributed by atoms with Gasteiger partial charge in [0, 0.05) is 38.5 Å². The van der Waals surface area contributed by atoms with Crippen molar-refractivity contribution in [1.29, 1.82) is 0 Å². The van der Waals surface area contributed by atoms with Crippen molar-refractivity contribution in [1.82, 2.24) is 5.32 Å². The molecule has 0 bridgehead atoms. The predicted octanol–water partition coefficient (Wildman–Crippen LogP) is 5.14. The van der Waals surface area contributed by atoms with Crippen LogP contribution in [-0.2, 0) is 0 Å². The Morgan fingerprint density at radius 2 is 1.42 bits per heavy atom. The first-order chi connectivity index (χ1) is 15.3. The van der Waals surface area contributed by atoms with Crippen molar-refractivity contribution in [2.75, 3.05) is 37.7 Å². The molecule has 0 radical (unpaired) electrons. The summed E-state index contributed by atoms with van der Waals surface area (Å²) >= 11 is 0. The molecule has 31 heavy (non-hydrogen) atoms. The fourth-order valence-corrected chi connectivity index (χ4v) is 4.31. The minimum Gasteiger partial charge on any atom is -0.396 e. The van der Waals surface area contributed by atoms with Gasteiger partial charge in [-0.3, -0.25) is 0 Å². The van der Waals surface area contributed by atoms with Crippen LogP contribution in [0.2, 0.25) is 0 Å². The fourth-order valence-electron chi connectivity index (χ4n) is 4.31. The van der Waals surface area contributed by atoms with Crippen molar-refractivity contribution in [3.63, 3.8) is 0 Å². The van der Waals surface area contributed by atoms with Crippen LogP contribution in [0.25, 0.3) is 11.1 Å². The summed E-state index contributed by atoms with van der Waals surface area (Å²) < 4.78 is 0. The van der Waals surface area contributed by atoms with Crippen LogP contribution in [0.3, 0.4) is 0 Å².